The Balaban J connectivity index is 0.00000380. The van der Waals surface area contributed by atoms with Crippen molar-refractivity contribution in [2.45, 2.75) is 20.1 Å². The molecule has 10 heteroatoms. The number of nitrogens with zero attached hydrogens (tertiary/aromatic N) is 3. The molecular weight excluding hydrogens is 520 g/mol. The Labute approximate surface area is 225 Å². The van der Waals surface area contributed by atoms with E-state index in [2.05, 4.69) is 4.98 Å². The molecule has 0 bridgehead atoms. The van der Waals surface area contributed by atoms with Crippen molar-refractivity contribution < 1.29 is 23.8 Å². The van der Waals surface area contributed by atoms with Crippen LogP contribution in [0.1, 0.15) is 28.5 Å². The lowest BCUT2D eigenvalue weighted by molar-refractivity contribution is 0.0525. The molecule has 0 aliphatic carbocycles. The summed E-state index contributed by atoms with van der Waals surface area (Å²) in [6, 6.07) is 9.35. The molecule has 0 amide bonds. The zero-order valence-electron chi connectivity index (χ0n) is 20.9. The predicted molar refractivity (Wildman–Crippen MR) is 144 cm³/mol. The smallest absolute Gasteiger partial charge is 0.340 e. The molecule has 0 saturated heterocycles. The summed E-state index contributed by atoms with van der Waals surface area (Å²) >= 11 is 6.15. The highest BCUT2D eigenvalue weighted by molar-refractivity contribution is 6.32. The highest BCUT2D eigenvalue weighted by Gasteiger charge is 2.28. The lowest BCUT2D eigenvalue weighted by atomic mass is 9.96. The van der Waals surface area contributed by atoms with Gasteiger partial charge in [0.05, 0.1) is 28.4 Å². The average molecular weight is 548 g/mol. The standard InChI is InChI=1S/C27H27ClFN3O4.ClH/c1-5-35-27(34)25-22(15-36-23-9-8-17(29)11-20(23)28)32(4)21-12-18(16-7-6-10-30-13-16)26(33)19(24(21)25)14-31(2)3;/h6-13,33H,5,14-15H2,1-4H3;1H. The van der Waals surface area contributed by atoms with Gasteiger partial charge in [-0.1, -0.05) is 17.7 Å². The van der Waals surface area contributed by atoms with Crippen LogP contribution >= 0.6 is 24.0 Å². The van der Waals surface area contributed by atoms with E-state index in [1.165, 1.54) is 12.1 Å². The van der Waals surface area contributed by atoms with Crippen LogP contribution in [-0.4, -0.2) is 46.2 Å². The maximum absolute atomic E-state index is 13.5. The molecule has 0 aliphatic rings. The predicted octanol–water partition coefficient (Wildman–Crippen LogP) is 5.98. The van der Waals surface area contributed by atoms with Crippen LogP contribution in [0, 0.1) is 5.82 Å². The van der Waals surface area contributed by atoms with E-state index < -0.39 is 11.8 Å². The van der Waals surface area contributed by atoms with E-state index in [1.54, 1.807) is 25.4 Å². The number of aryl methyl sites for hydroxylation is 1. The molecule has 1 N–H and O–H groups in total. The lowest BCUT2D eigenvalue weighted by Gasteiger charge is -2.17. The number of carbonyl (C=O) groups excluding carboxylic acids is 1. The number of hydrogen-bond donors (Lipinski definition) is 1. The Morgan fingerprint density at radius 3 is 2.62 bits per heavy atom. The van der Waals surface area contributed by atoms with Crippen molar-refractivity contribution in [1.29, 1.82) is 0 Å². The van der Waals surface area contributed by atoms with Crippen LogP contribution in [0.15, 0.2) is 48.8 Å². The maximum Gasteiger partial charge on any atom is 0.340 e. The van der Waals surface area contributed by atoms with E-state index in [1.807, 2.05) is 42.7 Å². The summed E-state index contributed by atoms with van der Waals surface area (Å²) in [5.74, 6) is -0.656. The number of phenols is 1. The Bertz CT molecular complexity index is 1420. The fraction of sp³-hybridized carbons (Fsp3) is 0.259. The molecule has 2 aromatic carbocycles. The number of ether oxygens (including phenoxy) is 2. The molecule has 0 spiro atoms. The molecule has 7 nitrogen and oxygen atoms in total. The minimum Gasteiger partial charge on any atom is -0.507 e. The summed E-state index contributed by atoms with van der Waals surface area (Å²) in [6.45, 7) is 2.25. The number of carbonyl (C=O) groups is 1. The zero-order chi connectivity index (χ0) is 26.0. The normalized spacial score (nSPS) is 11.0. The number of pyridine rings is 1. The van der Waals surface area contributed by atoms with Crippen molar-refractivity contribution in [3.05, 3.63) is 76.5 Å². The van der Waals surface area contributed by atoms with Crippen LogP contribution in [0.25, 0.3) is 22.0 Å². The largest absolute Gasteiger partial charge is 0.507 e. The first-order valence-corrected chi connectivity index (χ1v) is 11.8. The van der Waals surface area contributed by atoms with Gasteiger partial charge in [-0.2, -0.15) is 0 Å². The van der Waals surface area contributed by atoms with E-state index in [0.29, 0.717) is 34.3 Å². The number of aromatic hydroxyl groups is 1. The van der Waals surface area contributed by atoms with Gasteiger partial charge in [0.15, 0.2) is 0 Å². The Hall–Kier alpha value is -3.33. The van der Waals surface area contributed by atoms with Gasteiger partial charge in [0, 0.05) is 48.1 Å². The van der Waals surface area contributed by atoms with Crippen LogP contribution in [-0.2, 0) is 24.9 Å². The topological polar surface area (TPSA) is 76.8 Å². The van der Waals surface area contributed by atoms with Gasteiger partial charge in [-0.25, -0.2) is 9.18 Å². The number of benzene rings is 2. The van der Waals surface area contributed by atoms with Crippen molar-refractivity contribution in [3.8, 4) is 22.6 Å². The summed E-state index contributed by atoms with van der Waals surface area (Å²) in [6.07, 6.45) is 3.34. The molecule has 0 atom stereocenters. The van der Waals surface area contributed by atoms with Gasteiger partial charge in [-0.3, -0.25) is 4.98 Å². The molecule has 4 aromatic rings. The van der Waals surface area contributed by atoms with Crippen molar-refractivity contribution in [2.75, 3.05) is 20.7 Å². The first-order chi connectivity index (χ1) is 17.2. The molecule has 4 rings (SSSR count). The number of hydrogen-bond acceptors (Lipinski definition) is 6. The first kappa shape index (κ1) is 28.2. The number of halogens is 3. The fourth-order valence-electron chi connectivity index (χ4n) is 4.26. The van der Waals surface area contributed by atoms with E-state index in [0.717, 1.165) is 17.1 Å². The van der Waals surface area contributed by atoms with Crippen molar-refractivity contribution >= 4 is 40.9 Å². The lowest BCUT2D eigenvalue weighted by Crippen LogP contribution is -2.14. The van der Waals surface area contributed by atoms with Crippen LogP contribution < -0.4 is 4.74 Å². The van der Waals surface area contributed by atoms with Crippen LogP contribution in [0.2, 0.25) is 5.02 Å². The Morgan fingerprint density at radius 2 is 2.00 bits per heavy atom. The zero-order valence-corrected chi connectivity index (χ0v) is 22.5. The third kappa shape index (κ3) is 5.66. The van der Waals surface area contributed by atoms with E-state index >= 15 is 0 Å². The second kappa shape index (κ2) is 11.8. The minimum atomic E-state index is -0.527. The fourth-order valence-corrected chi connectivity index (χ4v) is 4.48. The number of rotatable bonds is 8. The summed E-state index contributed by atoms with van der Waals surface area (Å²) in [5, 5.41) is 12.1. The van der Waals surface area contributed by atoms with Crippen molar-refractivity contribution in [2.24, 2.45) is 7.05 Å². The molecular formula is C27H28Cl2FN3O4. The second-order valence-electron chi connectivity index (χ2n) is 8.59. The summed E-state index contributed by atoms with van der Waals surface area (Å²) < 4.78 is 26.7. The van der Waals surface area contributed by atoms with Gasteiger partial charge in [0.2, 0.25) is 0 Å². The van der Waals surface area contributed by atoms with Gasteiger partial charge in [0.25, 0.3) is 0 Å². The molecule has 0 fully saturated rings. The van der Waals surface area contributed by atoms with Crippen LogP contribution in [0.3, 0.4) is 0 Å². The molecule has 0 aliphatic heterocycles. The van der Waals surface area contributed by atoms with Gasteiger partial charge >= 0.3 is 5.97 Å². The third-order valence-electron chi connectivity index (χ3n) is 5.87. The molecule has 37 heavy (non-hydrogen) atoms. The van der Waals surface area contributed by atoms with E-state index in [4.69, 9.17) is 21.1 Å². The molecule has 0 unspecified atom stereocenters. The quantitative estimate of drug-likeness (QED) is 0.273. The molecule has 0 saturated carbocycles. The van der Waals surface area contributed by atoms with Gasteiger partial charge in [-0.15, -0.1) is 12.4 Å². The molecule has 2 heterocycles. The second-order valence-corrected chi connectivity index (χ2v) is 9.00. The summed E-state index contributed by atoms with van der Waals surface area (Å²) in [7, 11) is 5.59. The molecule has 0 radical (unpaired) electrons. The van der Waals surface area contributed by atoms with Crippen molar-refractivity contribution in [1.82, 2.24) is 14.5 Å². The molecule has 196 valence electrons. The van der Waals surface area contributed by atoms with Gasteiger partial charge < -0.3 is 24.0 Å². The number of esters is 1. The highest BCUT2D eigenvalue weighted by Crippen LogP contribution is 2.42. The molecule has 2 aromatic heterocycles. The minimum absolute atomic E-state index is 0. The van der Waals surface area contributed by atoms with E-state index in [-0.39, 0.29) is 42.1 Å². The number of aromatic nitrogens is 2. The number of phenolic OH excluding ortho intramolecular Hbond substituents is 1. The SMILES string of the molecule is CCOC(=O)c1c(COc2ccc(F)cc2Cl)n(C)c2cc(-c3cccnc3)c(O)c(CN(C)C)c12.Cl. The summed E-state index contributed by atoms with van der Waals surface area (Å²) in [5.41, 5.74) is 3.48. The van der Waals surface area contributed by atoms with E-state index in [9.17, 15) is 14.3 Å². The Kier molecular flexibility index (Phi) is 9.02. The third-order valence-corrected chi connectivity index (χ3v) is 6.16. The highest BCUT2D eigenvalue weighted by atomic mass is 35.5. The van der Waals surface area contributed by atoms with Gasteiger partial charge in [-0.05, 0) is 51.4 Å². The number of fused-ring (bicyclic) bond motifs is 1. The van der Waals surface area contributed by atoms with Crippen LogP contribution in [0.4, 0.5) is 4.39 Å². The average Bonchev–Trinajstić information content (AvgIpc) is 3.12. The monoisotopic (exact) mass is 547 g/mol. The van der Waals surface area contributed by atoms with Crippen LogP contribution in [0.5, 0.6) is 11.5 Å². The maximum atomic E-state index is 13.5. The summed E-state index contributed by atoms with van der Waals surface area (Å²) in [4.78, 5) is 19.3. The first-order valence-electron chi connectivity index (χ1n) is 11.4. The van der Waals surface area contributed by atoms with Gasteiger partial charge in [0.1, 0.15) is 23.9 Å². The Morgan fingerprint density at radius 1 is 1.24 bits per heavy atom. The van der Waals surface area contributed by atoms with Crippen molar-refractivity contribution in [3.63, 3.8) is 0 Å².